The van der Waals surface area contributed by atoms with Gasteiger partial charge in [-0.3, -0.25) is 4.79 Å². The summed E-state index contributed by atoms with van der Waals surface area (Å²) < 4.78 is 0. The van der Waals surface area contributed by atoms with Crippen LogP contribution in [0.1, 0.15) is 25.0 Å². The highest BCUT2D eigenvalue weighted by atomic mass is 16.3. The van der Waals surface area contributed by atoms with Gasteiger partial charge < -0.3 is 15.5 Å². The van der Waals surface area contributed by atoms with Crippen molar-refractivity contribution < 1.29 is 15.0 Å². The predicted molar refractivity (Wildman–Crippen MR) is 70.3 cm³/mol. The molecule has 102 valence electrons. The third kappa shape index (κ3) is 4.97. The number of hydrogen-bond donors (Lipinski definition) is 3. The van der Waals surface area contributed by atoms with Gasteiger partial charge in [-0.25, -0.2) is 0 Å². The Bertz CT molecular complexity index is 486. The molecular formula is C12H16N4O3. The van der Waals surface area contributed by atoms with Gasteiger partial charge in [0.15, 0.2) is 0 Å². The van der Waals surface area contributed by atoms with Crippen LogP contribution in [0.15, 0.2) is 29.4 Å². The largest absolute Gasteiger partial charge is 0.390 e. The van der Waals surface area contributed by atoms with Crippen LogP contribution in [0.3, 0.4) is 0 Å². The second-order valence-electron chi connectivity index (χ2n) is 4.06. The maximum Gasteiger partial charge on any atom is 0.221 e. The lowest BCUT2D eigenvalue weighted by molar-refractivity contribution is -0.114. The number of amides is 1. The number of azide groups is 1. The van der Waals surface area contributed by atoms with Crippen LogP contribution < -0.4 is 5.32 Å². The Balaban J connectivity index is 2.72. The molecule has 0 aliphatic rings. The highest BCUT2D eigenvalue weighted by Crippen LogP contribution is 2.22. The molecule has 1 aromatic carbocycles. The Hall–Kier alpha value is -2.08. The zero-order valence-electron chi connectivity index (χ0n) is 10.5. The monoisotopic (exact) mass is 264 g/mol. The number of carbonyl (C=O) groups excluding carboxylic acids is 1. The Morgan fingerprint density at radius 2 is 2.26 bits per heavy atom. The molecule has 0 aliphatic carbocycles. The normalized spacial score (nSPS) is 13.2. The van der Waals surface area contributed by atoms with Gasteiger partial charge in [-0.2, -0.15) is 0 Å². The molecule has 0 radical (unpaired) electrons. The minimum atomic E-state index is -1.09. The van der Waals surface area contributed by atoms with Crippen LogP contribution in [0.5, 0.6) is 0 Å². The van der Waals surface area contributed by atoms with Crippen molar-refractivity contribution in [2.75, 3.05) is 11.9 Å². The fourth-order valence-electron chi connectivity index (χ4n) is 1.62. The zero-order valence-corrected chi connectivity index (χ0v) is 10.5. The van der Waals surface area contributed by atoms with E-state index in [0.29, 0.717) is 11.3 Å². The lowest BCUT2D eigenvalue weighted by Gasteiger charge is -2.18. The quantitative estimate of drug-likeness (QED) is 0.412. The number of benzene rings is 1. The van der Waals surface area contributed by atoms with Crippen molar-refractivity contribution >= 4 is 11.6 Å². The molecule has 0 aromatic heterocycles. The summed E-state index contributed by atoms with van der Waals surface area (Å²) in [7, 11) is 0. The standard InChI is InChI=1S/C12H16N4O3/c1-8(17)15-10-4-2-3-9(7-10)12(19)11(18)5-6-14-16-13/h2-4,7,11-12,18-19H,5-6H2,1H3,(H,15,17). The number of hydrogen-bond acceptors (Lipinski definition) is 4. The average molecular weight is 264 g/mol. The van der Waals surface area contributed by atoms with Gasteiger partial charge in [-0.05, 0) is 29.6 Å². The van der Waals surface area contributed by atoms with Crippen molar-refractivity contribution in [3.63, 3.8) is 0 Å². The van der Waals surface area contributed by atoms with Crippen LogP contribution in [0.2, 0.25) is 0 Å². The third-order valence-corrected chi connectivity index (χ3v) is 2.50. The van der Waals surface area contributed by atoms with Gasteiger partial charge in [0.05, 0.1) is 6.10 Å². The van der Waals surface area contributed by atoms with Gasteiger partial charge in [-0.1, -0.05) is 17.2 Å². The molecular weight excluding hydrogens is 248 g/mol. The lowest BCUT2D eigenvalue weighted by Crippen LogP contribution is -2.19. The van der Waals surface area contributed by atoms with E-state index < -0.39 is 12.2 Å². The molecule has 0 saturated carbocycles. The van der Waals surface area contributed by atoms with E-state index in [-0.39, 0.29) is 18.9 Å². The first-order valence-corrected chi connectivity index (χ1v) is 5.79. The molecule has 0 fully saturated rings. The van der Waals surface area contributed by atoms with Gasteiger partial charge in [0.1, 0.15) is 6.10 Å². The molecule has 0 saturated heterocycles. The first kappa shape index (κ1) is 15.0. The van der Waals surface area contributed by atoms with Crippen molar-refractivity contribution in [2.24, 2.45) is 5.11 Å². The summed E-state index contributed by atoms with van der Waals surface area (Å²) in [6.45, 7) is 1.50. The van der Waals surface area contributed by atoms with E-state index >= 15 is 0 Å². The molecule has 2 atom stereocenters. The van der Waals surface area contributed by atoms with Crippen LogP contribution in [-0.2, 0) is 4.79 Å². The highest BCUT2D eigenvalue weighted by Gasteiger charge is 2.18. The van der Waals surface area contributed by atoms with Crippen molar-refractivity contribution in [3.8, 4) is 0 Å². The molecule has 1 amide bonds. The van der Waals surface area contributed by atoms with Crippen LogP contribution in [-0.4, -0.2) is 28.8 Å². The number of nitrogens with one attached hydrogen (secondary N) is 1. The predicted octanol–water partition coefficient (Wildman–Crippen LogP) is 1.74. The van der Waals surface area contributed by atoms with E-state index in [9.17, 15) is 15.0 Å². The number of anilines is 1. The SMILES string of the molecule is CC(=O)Nc1cccc(C(O)C(O)CCN=[N+]=[N-])c1. The van der Waals surface area contributed by atoms with Crippen LogP contribution >= 0.6 is 0 Å². The smallest absolute Gasteiger partial charge is 0.221 e. The summed E-state index contributed by atoms with van der Waals surface area (Å²) in [6, 6.07) is 6.59. The molecule has 0 spiro atoms. The summed E-state index contributed by atoms with van der Waals surface area (Å²) in [5.41, 5.74) is 9.16. The fourth-order valence-corrected chi connectivity index (χ4v) is 1.62. The summed E-state index contributed by atoms with van der Waals surface area (Å²) in [5.74, 6) is -0.212. The van der Waals surface area contributed by atoms with E-state index in [0.717, 1.165) is 0 Å². The van der Waals surface area contributed by atoms with Gasteiger partial charge in [0, 0.05) is 24.1 Å². The lowest BCUT2D eigenvalue weighted by atomic mass is 10.0. The summed E-state index contributed by atoms with van der Waals surface area (Å²) in [4.78, 5) is 13.5. The molecule has 19 heavy (non-hydrogen) atoms. The van der Waals surface area contributed by atoms with Crippen molar-refractivity contribution in [2.45, 2.75) is 25.6 Å². The van der Waals surface area contributed by atoms with Gasteiger partial charge in [0.25, 0.3) is 0 Å². The van der Waals surface area contributed by atoms with Crippen molar-refractivity contribution in [3.05, 3.63) is 40.3 Å². The fraction of sp³-hybridized carbons (Fsp3) is 0.417. The molecule has 0 bridgehead atoms. The van der Waals surface area contributed by atoms with E-state index in [4.69, 9.17) is 5.53 Å². The number of aliphatic hydroxyl groups is 2. The molecule has 1 aromatic rings. The Morgan fingerprint density at radius 1 is 1.53 bits per heavy atom. The molecule has 7 heteroatoms. The number of nitrogens with zero attached hydrogens (tertiary/aromatic N) is 3. The van der Waals surface area contributed by atoms with Crippen molar-refractivity contribution in [1.29, 1.82) is 0 Å². The van der Waals surface area contributed by atoms with E-state index in [1.165, 1.54) is 6.92 Å². The molecule has 0 heterocycles. The molecule has 2 unspecified atom stereocenters. The molecule has 0 aliphatic heterocycles. The maximum atomic E-state index is 10.9. The van der Waals surface area contributed by atoms with E-state index in [2.05, 4.69) is 15.3 Å². The van der Waals surface area contributed by atoms with E-state index in [1.54, 1.807) is 24.3 Å². The summed E-state index contributed by atoms with van der Waals surface area (Å²) in [5, 5.41) is 25.6. The molecule has 3 N–H and O–H groups in total. The molecule has 7 nitrogen and oxygen atoms in total. The van der Waals surface area contributed by atoms with Gasteiger partial charge in [-0.15, -0.1) is 0 Å². The second-order valence-corrected chi connectivity index (χ2v) is 4.06. The highest BCUT2D eigenvalue weighted by molar-refractivity contribution is 5.88. The number of aliphatic hydroxyl groups excluding tert-OH is 2. The van der Waals surface area contributed by atoms with Gasteiger partial charge >= 0.3 is 0 Å². The van der Waals surface area contributed by atoms with Crippen molar-refractivity contribution in [1.82, 2.24) is 0 Å². The van der Waals surface area contributed by atoms with E-state index in [1.807, 2.05) is 0 Å². The average Bonchev–Trinajstić information content (AvgIpc) is 2.37. The Labute approximate surface area is 110 Å². The summed E-state index contributed by atoms with van der Waals surface area (Å²) >= 11 is 0. The van der Waals surface area contributed by atoms with Crippen LogP contribution in [0.25, 0.3) is 10.4 Å². The Kier molecular flexibility index (Phi) is 5.81. The molecule has 1 rings (SSSR count). The summed E-state index contributed by atoms with van der Waals surface area (Å²) in [6.07, 6.45) is -1.96. The maximum absolute atomic E-state index is 10.9. The van der Waals surface area contributed by atoms with Crippen LogP contribution in [0.4, 0.5) is 5.69 Å². The Morgan fingerprint density at radius 3 is 2.89 bits per heavy atom. The minimum Gasteiger partial charge on any atom is -0.390 e. The minimum absolute atomic E-state index is 0.111. The second kappa shape index (κ2) is 7.38. The zero-order chi connectivity index (χ0) is 14.3. The van der Waals surface area contributed by atoms with Crippen LogP contribution in [0, 0.1) is 0 Å². The topological polar surface area (TPSA) is 118 Å². The number of carbonyl (C=O) groups is 1. The van der Waals surface area contributed by atoms with Gasteiger partial charge in [0.2, 0.25) is 5.91 Å². The third-order valence-electron chi connectivity index (χ3n) is 2.50. The first-order chi connectivity index (χ1) is 9.04. The number of rotatable bonds is 6. The first-order valence-electron chi connectivity index (χ1n) is 5.79.